The van der Waals surface area contributed by atoms with E-state index in [1.165, 1.54) is 17.0 Å². The molecule has 0 saturated carbocycles. The Kier molecular flexibility index (Phi) is 7.86. The van der Waals surface area contributed by atoms with Crippen LogP contribution in [0.15, 0.2) is 48.5 Å². The van der Waals surface area contributed by atoms with E-state index in [4.69, 9.17) is 9.47 Å². The summed E-state index contributed by atoms with van der Waals surface area (Å²) in [6.45, 7) is -0.324. The van der Waals surface area contributed by atoms with Crippen LogP contribution in [-0.2, 0) is 0 Å². The Labute approximate surface area is 163 Å². The molecule has 0 aliphatic rings. The Hall–Kier alpha value is -3.03. The van der Waals surface area contributed by atoms with E-state index in [-0.39, 0.29) is 17.8 Å². The predicted molar refractivity (Wildman–Crippen MR) is 101 cm³/mol. The lowest BCUT2D eigenvalue weighted by molar-refractivity contribution is -0.0498. The first-order chi connectivity index (χ1) is 13.4. The van der Waals surface area contributed by atoms with E-state index in [0.717, 1.165) is 11.3 Å². The minimum Gasteiger partial charge on any atom is -0.497 e. The summed E-state index contributed by atoms with van der Waals surface area (Å²) >= 11 is 0. The standard InChI is InChI=1S/C20H24F2N2O4/c1-14(15-4-6-18(7-5-15)28-19(21)22)23-20(25)24(2)12-13-27-17-10-8-16(26-3)9-11-17/h4-11,14,19H,12-13H2,1-3H3,(H,23,25). The van der Waals surface area contributed by atoms with E-state index in [2.05, 4.69) is 10.1 Å². The molecule has 0 radical (unpaired) electrons. The number of methoxy groups -OCH3 is 1. The zero-order chi connectivity index (χ0) is 20.5. The van der Waals surface area contributed by atoms with Crippen LogP contribution in [0.4, 0.5) is 13.6 Å². The number of carbonyl (C=O) groups excluding carboxylic acids is 1. The van der Waals surface area contributed by atoms with E-state index >= 15 is 0 Å². The van der Waals surface area contributed by atoms with Crippen molar-refractivity contribution in [3.8, 4) is 17.2 Å². The average molecular weight is 394 g/mol. The normalized spacial score (nSPS) is 11.6. The fraction of sp³-hybridized carbons (Fsp3) is 0.350. The van der Waals surface area contributed by atoms with Gasteiger partial charge in [-0.2, -0.15) is 8.78 Å². The Morgan fingerprint density at radius 2 is 1.61 bits per heavy atom. The van der Waals surface area contributed by atoms with Gasteiger partial charge in [0, 0.05) is 7.05 Å². The van der Waals surface area contributed by atoms with Gasteiger partial charge in [-0.3, -0.25) is 0 Å². The van der Waals surface area contributed by atoms with Gasteiger partial charge in [-0.1, -0.05) is 12.1 Å². The average Bonchev–Trinajstić information content (AvgIpc) is 2.68. The van der Waals surface area contributed by atoms with Crippen molar-refractivity contribution in [3.63, 3.8) is 0 Å². The summed E-state index contributed by atoms with van der Waals surface area (Å²) in [6.07, 6.45) is 0. The molecule has 0 saturated heterocycles. The molecule has 8 heteroatoms. The lowest BCUT2D eigenvalue weighted by atomic mass is 10.1. The van der Waals surface area contributed by atoms with Crippen LogP contribution in [0.1, 0.15) is 18.5 Å². The quantitative estimate of drug-likeness (QED) is 0.696. The summed E-state index contributed by atoms with van der Waals surface area (Å²) in [5, 5.41) is 2.85. The van der Waals surface area contributed by atoms with E-state index in [0.29, 0.717) is 18.9 Å². The number of hydrogen-bond donors (Lipinski definition) is 1. The first-order valence-corrected chi connectivity index (χ1v) is 8.72. The molecular weight excluding hydrogens is 370 g/mol. The fourth-order valence-electron chi connectivity index (χ4n) is 2.39. The van der Waals surface area contributed by atoms with Crippen molar-refractivity contribution in [1.29, 1.82) is 0 Å². The van der Waals surface area contributed by atoms with Crippen LogP contribution in [-0.4, -0.2) is 44.9 Å². The Bertz CT molecular complexity index is 739. The van der Waals surface area contributed by atoms with Gasteiger partial charge in [-0.25, -0.2) is 4.79 Å². The van der Waals surface area contributed by atoms with Crippen molar-refractivity contribution in [2.24, 2.45) is 0 Å². The zero-order valence-electron chi connectivity index (χ0n) is 16.0. The van der Waals surface area contributed by atoms with Gasteiger partial charge in [0.05, 0.1) is 19.7 Å². The molecule has 1 atom stereocenters. The van der Waals surface area contributed by atoms with Crippen LogP contribution in [0.5, 0.6) is 17.2 Å². The van der Waals surface area contributed by atoms with E-state index in [1.54, 1.807) is 50.6 Å². The van der Waals surface area contributed by atoms with Crippen molar-refractivity contribution >= 4 is 6.03 Å². The molecular formula is C20H24F2N2O4. The van der Waals surface area contributed by atoms with Crippen LogP contribution in [0.25, 0.3) is 0 Å². The number of nitrogens with zero attached hydrogens (tertiary/aromatic N) is 1. The molecule has 28 heavy (non-hydrogen) atoms. The summed E-state index contributed by atoms with van der Waals surface area (Å²) in [5.74, 6) is 1.51. The minimum absolute atomic E-state index is 0.0741. The highest BCUT2D eigenvalue weighted by atomic mass is 19.3. The summed E-state index contributed by atoms with van der Waals surface area (Å²) in [4.78, 5) is 13.8. The summed E-state index contributed by atoms with van der Waals surface area (Å²) in [6, 6.07) is 12.8. The molecule has 0 aromatic heterocycles. The van der Waals surface area contributed by atoms with Crippen molar-refractivity contribution in [1.82, 2.24) is 10.2 Å². The summed E-state index contributed by atoms with van der Waals surface area (Å²) < 4.78 is 39.4. The van der Waals surface area contributed by atoms with Crippen molar-refractivity contribution < 1.29 is 27.8 Å². The van der Waals surface area contributed by atoms with Crippen LogP contribution in [0.3, 0.4) is 0 Å². The number of urea groups is 1. The van der Waals surface area contributed by atoms with Gasteiger partial charge in [-0.15, -0.1) is 0 Å². The van der Waals surface area contributed by atoms with Gasteiger partial charge >= 0.3 is 12.6 Å². The Morgan fingerprint density at radius 3 is 2.18 bits per heavy atom. The number of likely N-dealkylation sites (N-methyl/N-ethyl adjacent to an activating group) is 1. The van der Waals surface area contributed by atoms with Gasteiger partial charge in [0.15, 0.2) is 0 Å². The molecule has 1 unspecified atom stereocenters. The highest BCUT2D eigenvalue weighted by Gasteiger charge is 2.14. The third-order valence-corrected chi connectivity index (χ3v) is 4.05. The molecule has 6 nitrogen and oxygen atoms in total. The van der Waals surface area contributed by atoms with Crippen LogP contribution >= 0.6 is 0 Å². The Morgan fingerprint density at radius 1 is 1.04 bits per heavy atom. The smallest absolute Gasteiger partial charge is 0.387 e. The molecule has 0 bridgehead atoms. The molecule has 0 spiro atoms. The van der Waals surface area contributed by atoms with Gasteiger partial charge in [0.2, 0.25) is 0 Å². The highest BCUT2D eigenvalue weighted by molar-refractivity contribution is 5.74. The maximum atomic E-state index is 12.3. The number of nitrogens with one attached hydrogen (secondary N) is 1. The molecule has 2 aromatic rings. The molecule has 0 aliphatic carbocycles. The lowest BCUT2D eigenvalue weighted by Crippen LogP contribution is -2.40. The molecule has 1 N–H and O–H groups in total. The van der Waals surface area contributed by atoms with Crippen LogP contribution in [0, 0.1) is 0 Å². The van der Waals surface area contributed by atoms with E-state index in [9.17, 15) is 13.6 Å². The largest absolute Gasteiger partial charge is 0.497 e. The van der Waals surface area contributed by atoms with E-state index < -0.39 is 6.61 Å². The van der Waals surface area contributed by atoms with E-state index in [1.807, 2.05) is 6.92 Å². The van der Waals surface area contributed by atoms with Gasteiger partial charge in [-0.05, 0) is 48.9 Å². The zero-order valence-corrected chi connectivity index (χ0v) is 16.0. The minimum atomic E-state index is -2.86. The van der Waals surface area contributed by atoms with Crippen molar-refractivity contribution in [2.45, 2.75) is 19.6 Å². The summed E-state index contributed by atoms with van der Waals surface area (Å²) in [5.41, 5.74) is 0.776. The number of hydrogen-bond acceptors (Lipinski definition) is 4. The molecule has 152 valence electrons. The highest BCUT2D eigenvalue weighted by Crippen LogP contribution is 2.19. The lowest BCUT2D eigenvalue weighted by Gasteiger charge is -2.22. The van der Waals surface area contributed by atoms with Gasteiger partial charge < -0.3 is 24.4 Å². The Balaban J connectivity index is 1.77. The third-order valence-electron chi connectivity index (χ3n) is 4.05. The van der Waals surface area contributed by atoms with Gasteiger partial charge in [0.1, 0.15) is 23.9 Å². The number of carbonyl (C=O) groups is 1. The second-order valence-corrected chi connectivity index (χ2v) is 6.06. The number of alkyl halides is 2. The number of benzene rings is 2. The maximum Gasteiger partial charge on any atom is 0.387 e. The maximum absolute atomic E-state index is 12.3. The van der Waals surface area contributed by atoms with Crippen LogP contribution in [0.2, 0.25) is 0 Å². The molecule has 2 aromatic carbocycles. The molecule has 2 amide bonds. The topological polar surface area (TPSA) is 60.0 Å². The number of halogens is 2. The fourth-order valence-corrected chi connectivity index (χ4v) is 2.39. The first-order valence-electron chi connectivity index (χ1n) is 8.72. The monoisotopic (exact) mass is 394 g/mol. The number of ether oxygens (including phenoxy) is 3. The third kappa shape index (κ3) is 6.61. The number of amides is 2. The number of rotatable bonds is 9. The first kappa shape index (κ1) is 21.3. The second kappa shape index (κ2) is 10.3. The second-order valence-electron chi connectivity index (χ2n) is 6.06. The molecule has 0 aliphatic heterocycles. The van der Waals surface area contributed by atoms with Crippen LogP contribution < -0.4 is 19.5 Å². The SMILES string of the molecule is COc1ccc(OCCN(C)C(=O)NC(C)c2ccc(OC(F)F)cc2)cc1. The van der Waals surface area contributed by atoms with Crippen molar-refractivity contribution in [3.05, 3.63) is 54.1 Å². The predicted octanol–water partition coefficient (Wildman–Crippen LogP) is 4.08. The molecule has 0 heterocycles. The molecule has 2 rings (SSSR count). The van der Waals surface area contributed by atoms with Gasteiger partial charge in [0.25, 0.3) is 0 Å². The summed E-state index contributed by atoms with van der Waals surface area (Å²) in [7, 11) is 3.26. The van der Waals surface area contributed by atoms with Crippen molar-refractivity contribution in [2.75, 3.05) is 27.3 Å². The molecule has 0 fully saturated rings.